The molecule has 0 aliphatic carbocycles. The van der Waals surface area contributed by atoms with E-state index in [0.29, 0.717) is 5.69 Å². The molecule has 0 fully saturated rings. The van der Waals surface area contributed by atoms with Gasteiger partial charge in [-0.2, -0.15) is 0 Å². The van der Waals surface area contributed by atoms with Crippen molar-refractivity contribution in [1.29, 1.82) is 0 Å². The lowest BCUT2D eigenvalue weighted by Crippen LogP contribution is -2.24. The van der Waals surface area contributed by atoms with E-state index in [-0.39, 0.29) is 17.9 Å². The fourth-order valence-electron chi connectivity index (χ4n) is 1.85. The normalized spacial score (nSPS) is 10.1. The van der Waals surface area contributed by atoms with Gasteiger partial charge in [0.15, 0.2) is 0 Å². The molecule has 0 bridgehead atoms. The summed E-state index contributed by atoms with van der Waals surface area (Å²) < 4.78 is 18.7. The van der Waals surface area contributed by atoms with Gasteiger partial charge >= 0.3 is 0 Å². The van der Waals surface area contributed by atoms with E-state index in [4.69, 9.17) is 10.5 Å². The first kappa shape index (κ1) is 13.9. The molecular weight excluding hydrogens is 259 g/mol. The average molecular weight is 274 g/mol. The van der Waals surface area contributed by atoms with Gasteiger partial charge in [-0.05, 0) is 23.8 Å². The summed E-state index contributed by atoms with van der Waals surface area (Å²) in [5.74, 6) is -0.963. The second-order valence-electron chi connectivity index (χ2n) is 4.20. The molecule has 3 N–H and O–H groups in total. The third-order valence-electron chi connectivity index (χ3n) is 2.92. The molecule has 0 saturated carbocycles. The Morgan fingerprint density at radius 3 is 2.70 bits per heavy atom. The smallest absolute Gasteiger partial charge is 0.258 e. The van der Waals surface area contributed by atoms with Gasteiger partial charge in [0.25, 0.3) is 5.91 Å². The molecule has 104 valence electrons. The summed E-state index contributed by atoms with van der Waals surface area (Å²) in [6.45, 7) is 0.225. The molecule has 2 aromatic carbocycles. The van der Waals surface area contributed by atoms with Crippen molar-refractivity contribution in [3.63, 3.8) is 0 Å². The van der Waals surface area contributed by atoms with E-state index in [1.165, 1.54) is 25.3 Å². The third kappa shape index (κ3) is 2.88. The summed E-state index contributed by atoms with van der Waals surface area (Å²) in [6, 6.07) is 11.4. The van der Waals surface area contributed by atoms with Gasteiger partial charge in [0.1, 0.15) is 17.1 Å². The van der Waals surface area contributed by atoms with Crippen LogP contribution in [0.3, 0.4) is 0 Å². The molecule has 0 heterocycles. The van der Waals surface area contributed by atoms with Crippen LogP contribution in [0.25, 0.3) is 0 Å². The highest BCUT2D eigenvalue weighted by molar-refractivity contribution is 5.97. The lowest BCUT2D eigenvalue weighted by Gasteiger charge is -2.11. The molecule has 0 unspecified atom stereocenters. The number of hydrogen-bond donors (Lipinski definition) is 2. The van der Waals surface area contributed by atoms with Crippen LogP contribution in [-0.2, 0) is 6.54 Å². The number of rotatable bonds is 4. The molecule has 0 aliphatic rings. The minimum atomic E-state index is -0.622. The van der Waals surface area contributed by atoms with Crippen molar-refractivity contribution >= 4 is 11.6 Å². The quantitative estimate of drug-likeness (QED) is 0.841. The van der Waals surface area contributed by atoms with Crippen molar-refractivity contribution in [2.75, 3.05) is 12.8 Å². The lowest BCUT2D eigenvalue weighted by atomic mass is 10.1. The fraction of sp³-hybridized carbons (Fsp3) is 0.133. The number of nitrogens with one attached hydrogen (secondary N) is 1. The first-order valence-electron chi connectivity index (χ1n) is 6.07. The van der Waals surface area contributed by atoms with Crippen LogP contribution in [0.15, 0.2) is 42.5 Å². The highest BCUT2D eigenvalue weighted by Gasteiger charge is 2.17. The largest absolute Gasteiger partial charge is 0.496 e. The molecular formula is C15H15FN2O2. The number of ether oxygens (including phenoxy) is 1. The van der Waals surface area contributed by atoms with E-state index < -0.39 is 11.7 Å². The molecule has 0 atom stereocenters. The van der Waals surface area contributed by atoms with Crippen LogP contribution in [0.1, 0.15) is 15.9 Å². The Hall–Kier alpha value is -2.56. The Kier molecular flexibility index (Phi) is 4.20. The summed E-state index contributed by atoms with van der Waals surface area (Å²) in [6.07, 6.45) is 0. The van der Waals surface area contributed by atoms with E-state index >= 15 is 0 Å². The predicted octanol–water partition coefficient (Wildman–Crippen LogP) is 2.35. The summed E-state index contributed by atoms with van der Waals surface area (Å²) in [4.78, 5) is 12.1. The Bertz CT molecular complexity index is 629. The van der Waals surface area contributed by atoms with Crippen molar-refractivity contribution in [1.82, 2.24) is 5.32 Å². The van der Waals surface area contributed by atoms with Crippen molar-refractivity contribution in [3.8, 4) is 5.75 Å². The van der Waals surface area contributed by atoms with Crippen molar-refractivity contribution in [2.45, 2.75) is 6.54 Å². The first-order valence-corrected chi connectivity index (χ1v) is 6.07. The number of anilines is 1. The standard InChI is InChI=1S/C15H15FN2O2/c1-20-13-8-4-6-11(16)14(13)15(19)18-9-10-5-2-3-7-12(10)17/h2-8H,9,17H2,1H3,(H,18,19). The molecule has 20 heavy (non-hydrogen) atoms. The maximum atomic E-state index is 13.7. The van der Waals surface area contributed by atoms with Crippen molar-refractivity contribution in [3.05, 3.63) is 59.4 Å². The first-order chi connectivity index (χ1) is 9.63. The molecule has 2 aromatic rings. The third-order valence-corrected chi connectivity index (χ3v) is 2.92. The number of hydrogen-bond acceptors (Lipinski definition) is 3. The molecule has 5 heteroatoms. The van der Waals surface area contributed by atoms with Gasteiger partial charge in [0, 0.05) is 12.2 Å². The molecule has 0 radical (unpaired) electrons. The molecule has 0 aromatic heterocycles. The monoisotopic (exact) mass is 274 g/mol. The predicted molar refractivity (Wildman–Crippen MR) is 75.0 cm³/mol. The van der Waals surface area contributed by atoms with Crippen LogP contribution in [0, 0.1) is 5.82 Å². The average Bonchev–Trinajstić information content (AvgIpc) is 2.45. The Morgan fingerprint density at radius 2 is 2.00 bits per heavy atom. The number of halogens is 1. The zero-order chi connectivity index (χ0) is 14.5. The van der Waals surface area contributed by atoms with Crippen molar-refractivity contribution in [2.24, 2.45) is 0 Å². The van der Waals surface area contributed by atoms with Crippen LogP contribution in [0.4, 0.5) is 10.1 Å². The summed E-state index contributed by atoms with van der Waals surface area (Å²) in [5, 5.41) is 2.63. The Labute approximate surface area is 116 Å². The van der Waals surface area contributed by atoms with Gasteiger partial charge in [-0.3, -0.25) is 4.79 Å². The Balaban J connectivity index is 2.15. The topological polar surface area (TPSA) is 64.3 Å². The molecule has 1 amide bonds. The number of carbonyl (C=O) groups is 1. The number of nitrogens with two attached hydrogens (primary N) is 1. The number of benzene rings is 2. The highest BCUT2D eigenvalue weighted by atomic mass is 19.1. The molecule has 4 nitrogen and oxygen atoms in total. The van der Waals surface area contributed by atoms with Gasteiger partial charge in [0.05, 0.1) is 7.11 Å². The van der Waals surface area contributed by atoms with Gasteiger partial charge in [0.2, 0.25) is 0 Å². The van der Waals surface area contributed by atoms with E-state index in [1.54, 1.807) is 18.2 Å². The van der Waals surface area contributed by atoms with Crippen LogP contribution >= 0.6 is 0 Å². The minimum absolute atomic E-state index is 0.107. The maximum Gasteiger partial charge on any atom is 0.258 e. The van der Waals surface area contributed by atoms with Crippen LogP contribution in [0.5, 0.6) is 5.75 Å². The van der Waals surface area contributed by atoms with Crippen molar-refractivity contribution < 1.29 is 13.9 Å². The van der Waals surface area contributed by atoms with E-state index in [9.17, 15) is 9.18 Å². The Morgan fingerprint density at radius 1 is 1.25 bits per heavy atom. The van der Waals surface area contributed by atoms with Crippen LogP contribution in [0.2, 0.25) is 0 Å². The van der Waals surface area contributed by atoms with Gasteiger partial charge in [-0.15, -0.1) is 0 Å². The summed E-state index contributed by atoms with van der Waals surface area (Å²) in [7, 11) is 1.39. The summed E-state index contributed by atoms with van der Waals surface area (Å²) in [5.41, 5.74) is 7.03. The van der Waals surface area contributed by atoms with Gasteiger partial charge < -0.3 is 15.8 Å². The highest BCUT2D eigenvalue weighted by Crippen LogP contribution is 2.21. The molecule has 2 rings (SSSR count). The molecule has 0 aliphatic heterocycles. The lowest BCUT2D eigenvalue weighted by molar-refractivity contribution is 0.0943. The number of methoxy groups -OCH3 is 1. The fourth-order valence-corrected chi connectivity index (χ4v) is 1.85. The van der Waals surface area contributed by atoms with Crippen LogP contribution < -0.4 is 15.8 Å². The SMILES string of the molecule is COc1cccc(F)c1C(=O)NCc1ccccc1N. The number of nitrogen functional groups attached to an aromatic ring is 1. The maximum absolute atomic E-state index is 13.7. The minimum Gasteiger partial charge on any atom is -0.496 e. The molecule has 0 saturated heterocycles. The number of para-hydroxylation sites is 1. The zero-order valence-electron chi connectivity index (χ0n) is 11.0. The zero-order valence-corrected chi connectivity index (χ0v) is 11.0. The molecule has 0 spiro atoms. The van der Waals surface area contributed by atoms with Gasteiger partial charge in [-0.1, -0.05) is 24.3 Å². The second kappa shape index (κ2) is 6.06. The van der Waals surface area contributed by atoms with E-state index in [1.807, 2.05) is 6.07 Å². The van der Waals surface area contributed by atoms with E-state index in [2.05, 4.69) is 5.32 Å². The summed E-state index contributed by atoms with van der Waals surface area (Å²) >= 11 is 0. The second-order valence-corrected chi connectivity index (χ2v) is 4.20. The van der Waals surface area contributed by atoms with Gasteiger partial charge in [-0.25, -0.2) is 4.39 Å². The number of amides is 1. The van der Waals surface area contributed by atoms with E-state index in [0.717, 1.165) is 5.56 Å². The van der Waals surface area contributed by atoms with Crippen LogP contribution in [-0.4, -0.2) is 13.0 Å². The number of carbonyl (C=O) groups excluding carboxylic acids is 1.